The molecule has 5 rings (SSSR count). The Labute approximate surface area is 182 Å². The zero-order valence-electron chi connectivity index (χ0n) is 16.8. The van der Waals surface area contributed by atoms with E-state index in [2.05, 4.69) is 50.2 Å². The van der Waals surface area contributed by atoms with Gasteiger partial charge in [0.2, 0.25) is 11.8 Å². The fraction of sp³-hybridized carbons (Fsp3) is 0.130. The molecule has 7 nitrogen and oxygen atoms in total. The maximum atomic E-state index is 12.5. The third-order valence-electron chi connectivity index (χ3n) is 5.03. The number of amides is 1. The number of aromatic nitrogens is 4. The monoisotopic (exact) mass is 429 g/mol. The molecule has 0 aliphatic rings. The van der Waals surface area contributed by atoms with E-state index in [0.29, 0.717) is 11.1 Å². The molecule has 3 heterocycles. The van der Waals surface area contributed by atoms with Crippen LogP contribution in [0.4, 0.5) is 5.69 Å². The molecule has 0 bridgehead atoms. The second-order valence-electron chi connectivity index (χ2n) is 6.94. The number of thioether (sulfide) groups is 1. The Hall–Kier alpha value is -3.65. The standard InChI is InChI=1S/C23H19N5O2S/c1-2-28-19-6-4-3-5-17(19)18-13-16(7-8-20(18)28)25-21(29)14-31-23-27-26-22(30-23)15-9-11-24-12-10-15/h3-13H,2,14H2,1H3,(H,25,29). The molecule has 154 valence electrons. The number of nitrogens with one attached hydrogen (secondary N) is 1. The van der Waals surface area contributed by atoms with Crippen LogP contribution >= 0.6 is 11.8 Å². The van der Waals surface area contributed by atoms with Gasteiger partial charge in [-0.15, -0.1) is 10.2 Å². The number of pyridine rings is 1. The van der Waals surface area contributed by atoms with Gasteiger partial charge in [0.05, 0.1) is 5.75 Å². The van der Waals surface area contributed by atoms with Gasteiger partial charge >= 0.3 is 0 Å². The highest BCUT2D eigenvalue weighted by molar-refractivity contribution is 7.99. The van der Waals surface area contributed by atoms with Crippen LogP contribution < -0.4 is 5.32 Å². The third kappa shape index (κ3) is 3.77. The number of hydrogen-bond acceptors (Lipinski definition) is 6. The van der Waals surface area contributed by atoms with Crippen molar-refractivity contribution < 1.29 is 9.21 Å². The lowest BCUT2D eigenvalue weighted by Gasteiger charge is -2.06. The lowest BCUT2D eigenvalue weighted by Crippen LogP contribution is -2.13. The van der Waals surface area contributed by atoms with Crippen LogP contribution in [-0.4, -0.2) is 31.4 Å². The third-order valence-corrected chi connectivity index (χ3v) is 5.85. The van der Waals surface area contributed by atoms with Gasteiger partial charge in [-0.3, -0.25) is 9.78 Å². The van der Waals surface area contributed by atoms with Crippen LogP contribution in [0.2, 0.25) is 0 Å². The highest BCUT2D eigenvalue weighted by Gasteiger charge is 2.13. The summed E-state index contributed by atoms with van der Waals surface area (Å²) in [6.07, 6.45) is 3.32. The van der Waals surface area contributed by atoms with Crippen molar-refractivity contribution in [3.63, 3.8) is 0 Å². The van der Waals surface area contributed by atoms with E-state index in [-0.39, 0.29) is 11.7 Å². The average molecular weight is 430 g/mol. The fourth-order valence-corrected chi connectivity index (χ4v) is 4.24. The Bertz CT molecular complexity index is 1380. The first-order chi connectivity index (χ1) is 15.2. The maximum absolute atomic E-state index is 12.5. The summed E-state index contributed by atoms with van der Waals surface area (Å²) in [6, 6.07) is 17.9. The van der Waals surface area contributed by atoms with Crippen molar-refractivity contribution in [1.29, 1.82) is 0 Å². The molecule has 1 N–H and O–H groups in total. The van der Waals surface area contributed by atoms with Crippen LogP contribution in [0.3, 0.4) is 0 Å². The first kappa shape index (κ1) is 19.3. The van der Waals surface area contributed by atoms with E-state index in [1.54, 1.807) is 24.5 Å². The van der Waals surface area contributed by atoms with E-state index in [9.17, 15) is 4.79 Å². The van der Waals surface area contributed by atoms with E-state index in [1.807, 2.05) is 24.3 Å². The van der Waals surface area contributed by atoms with Gasteiger partial charge in [-0.1, -0.05) is 30.0 Å². The predicted molar refractivity (Wildman–Crippen MR) is 122 cm³/mol. The molecule has 0 spiro atoms. The van der Waals surface area contributed by atoms with Crippen molar-refractivity contribution in [2.45, 2.75) is 18.7 Å². The van der Waals surface area contributed by atoms with Crippen molar-refractivity contribution >= 4 is 45.2 Å². The van der Waals surface area contributed by atoms with Crippen LogP contribution in [0.1, 0.15) is 6.92 Å². The molecule has 1 amide bonds. The maximum Gasteiger partial charge on any atom is 0.277 e. The van der Waals surface area contributed by atoms with E-state index in [1.165, 1.54) is 22.7 Å². The Morgan fingerprint density at radius 2 is 1.84 bits per heavy atom. The molecule has 8 heteroatoms. The fourth-order valence-electron chi connectivity index (χ4n) is 3.68. The molecule has 0 unspecified atom stereocenters. The number of carbonyl (C=O) groups is 1. The number of carbonyl (C=O) groups excluding carboxylic acids is 1. The van der Waals surface area contributed by atoms with Gasteiger partial charge in [0.1, 0.15) is 0 Å². The Morgan fingerprint density at radius 1 is 1.03 bits per heavy atom. The second kappa shape index (κ2) is 8.23. The topological polar surface area (TPSA) is 85.8 Å². The molecule has 0 atom stereocenters. The summed E-state index contributed by atoms with van der Waals surface area (Å²) in [4.78, 5) is 16.5. The number of fused-ring (bicyclic) bond motifs is 3. The van der Waals surface area contributed by atoms with Gasteiger partial charge in [0.15, 0.2) is 0 Å². The molecule has 3 aromatic heterocycles. The first-order valence-electron chi connectivity index (χ1n) is 9.90. The molecule has 0 aliphatic heterocycles. The van der Waals surface area contributed by atoms with Crippen molar-refractivity contribution in [3.8, 4) is 11.5 Å². The minimum atomic E-state index is -0.132. The average Bonchev–Trinajstić information content (AvgIpc) is 3.41. The second-order valence-corrected chi connectivity index (χ2v) is 7.87. The summed E-state index contributed by atoms with van der Waals surface area (Å²) in [7, 11) is 0. The van der Waals surface area contributed by atoms with Gasteiger partial charge in [-0.25, -0.2) is 0 Å². The Balaban J connectivity index is 1.30. The van der Waals surface area contributed by atoms with Gasteiger partial charge in [-0.2, -0.15) is 0 Å². The van der Waals surface area contributed by atoms with Crippen molar-refractivity contribution in [2.24, 2.45) is 0 Å². The zero-order chi connectivity index (χ0) is 21.2. The van der Waals surface area contributed by atoms with E-state index in [4.69, 9.17) is 4.42 Å². The number of para-hydroxylation sites is 1. The molecule has 0 fully saturated rings. The molecule has 5 aromatic rings. The Kier molecular flexibility index (Phi) is 5.13. The first-order valence-corrected chi connectivity index (χ1v) is 10.9. The predicted octanol–water partition coefficient (Wildman–Crippen LogP) is 4.99. The minimum Gasteiger partial charge on any atom is -0.411 e. The minimum absolute atomic E-state index is 0.132. The summed E-state index contributed by atoms with van der Waals surface area (Å²) < 4.78 is 7.90. The molecular weight excluding hydrogens is 410 g/mol. The van der Waals surface area contributed by atoms with Gasteiger partial charge in [-0.05, 0) is 43.3 Å². The number of rotatable bonds is 6. The summed E-state index contributed by atoms with van der Waals surface area (Å²) in [5.74, 6) is 0.447. The zero-order valence-corrected chi connectivity index (χ0v) is 17.6. The molecule has 0 saturated carbocycles. The summed E-state index contributed by atoms with van der Waals surface area (Å²) in [5, 5.41) is 13.6. The number of aryl methyl sites for hydroxylation is 1. The Morgan fingerprint density at radius 3 is 2.68 bits per heavy atom. The van der Waals surface area contributed by atoms with Gasteiger partial charge in [0, 0.05) is 52.0 Å². The molecule has 0 radical (unpaired) electrons. The molecule has 2 aromatic carbocycles. The largest absolute Gasteiger partial charge is 0.411 e. The van der Waals surface area contributed by atoms with Crippen LogP contribution in [0.25, 0.3) is 33.3 Å². The van der Waals surface area contributed by atoms with Crippen LogP contribution in [-0.2, 0) is 11.3 Å². The van der Waals surface area contributed by atoms with Crippen LogP contribution in [0.15, 0.2) is 76.6 Å². The van der Waals surface area contributed by atoms with Crippen molar-refractivity contribution in [1.82, 2.24) is 19.7 Å². The number of benzene rings is 2. The number of anilines is 1. The van der Waals surface area contributed by atoms with Gasteiger partial charge in [0.25, 0.3) is 5.22 Å². The quantitative estimate of drug-likeness (QED) is 0.383. The normalized spacial score (nSPS) is 11.3. The van der Waals surface area contributed by atoms with Crippen LogP contribution in [0.5, 0.6) is 0 Å². The lowest BCUT2D eigenvalue weighted by molar-refractivity contribution is -0.113. The molecule has 0 saturated heterocycles. The highest BCUT2D eigenvalue weighted by Crippen LogP contribution is 2.31. The summed E-state index contributed by atoms with van der Waals surface area (Å²) >= 11 is 1.21. The number of nitrogens with zero attached hydrogens (tertiary/aromatic N) is 4. The van der Waals surface area contributed by atoms with E-state index < -0.39 is 0 Å². The van der Waals surface area contributed by atoms with Crippen molar-refractivity contribution in [2.75, 3.05) is 11.1 Å². The highest BCUT2D eigenvalue weighted by atomic mass is 32.2. The smallest absolute Gasteiger partial charge is 0.277 e. The van der Waals surface area contributed by atoms with Gasteiger partial charge < -0.3 is 14.3 Å². The van der Waals surface area contributed by atoms with Crippen LogP contribution in [0, 0.1) is 0 Å². The molecular formula is C23H19N5O2S. The van der Waals surface area contributed by atoms with Crippen molar-refractivity contribution in [3.05, 3.63) is 67.0 Å². The molecule has 31 heavy (non-hydrogen) atoms. The van der Waals surface area contributed by atoms with E-state index in [0.717, 1.165) is 28.7 Å². The summed E-state index contributed by atoms with van der Waals surface area (Å²) in [6.45, 7) is 3.02. The SMILES string of the molecule is CCn1c2ccccc2c2cc(NC(=O)CSc3nnc(-c4ccncc4)o3)ccc21. The lowest BCUT2D eigenvalue weighted by atomic mass is 10.1. The molecule has 0 aliphatic carbocycles. The van der Waals surface area contributed by atoms with E-state index >= 15 is 0 Å². The number of hydrogen-bond donors (Lipinski definition) is 1. The summed E-state index contributed by atoms with van der Waals surface area (Å²) in [5.41, 5.74) is 3.91.